The molecule has 1 nitrogen and oxygen atoms in total. The fourth-order valence-corrected chi connectivity index (χ4v) is 1.91. The van der Waals surface area contributed by atoms with Crippen LogP contribution in [0, 0.1) is 11.7 Å². The second-order valence-electron chi connectivity index (χ2n) is 4.52. The molecule has 0 radical (unpaired) electrons. The molecule has 0 aromatic heterocycles. The zero-order valence-electron chi connectivity index (χ0n) is 10.6. The number of benzene rings is 1. The SMILES string of the molecule is CCNC(c1ccc(C(F)(F)F)c(F)c1)C(C)C. The summed E-state index contributed by atoms with van der Waals surface area (Å²) in [5.74, 6) is -1.05. The Morgan fingerprint density at radius 3 is 2.22 bits per heavy atom. The van der Waals surface area contributed by atoms with Gasteiger partial charge in [-0.05, 0) is 30.2 Å². The number of alkyl halides is 3. The molecule has 1 N–H and O–H groups in total. The molecule has 1 unspecified atom stereocenters. The second-order valence-corrected chi connectivity index (χ2v) is 4.52. The van der Waals surface area contributed by atoms with Crippen molar-refractivity contribution >= 4 is 0 Å². The summed E-state index contributed by atoms with van der Waals surface area (Å²) in [7, 11) is 0. The van der Waals surface area contributed by atoms with E-state index in [9.17, 15) is 17.6 Å². The Labute approximate surface area is 104 Å². The first-order valence-electron chi connectivity index (χ1n) is 5.87. The molecule has 0 saturated carbocycles. The molecule has 102 valence electrons. The molecule has 0 amide bonds. The van der Waals surface area contributed by atoms with E-state index in [1.807, 2.05) is 20.8 Å². The van der Waals surface area contributed by atoms with Gasteiger partial charge in [-0.25, -0.2) is 4.39 Å². The van der Waals surface area contributed by atoms with Crippen LogP contribution in [0.1, 0.15) is 37.9 Å². The van der Waals surface area contributed by atoms with Crippen LogP contribution >= 0.6 is 0 Å². The van der Waals surface area contributed by atoms with Crippen LogP contribution in [0.3, 0.4) is 0 Å². The van der Waals surface area contributed by atoms with Gasteiger partial charge in [0.15, 0.2) is 0 Å². The zero-order valence-corrected chi connectivity index (χ0v) is 10.6. The molecule has 0 aliphatic heterocycles. The summed E-state index contributed by atoms with van der Waals surface area (Å²) in [6.07, 6.45) is -4.64. The summed E-state index contributed by atoms with van der Waals surface area (Å²) in [6, 6.07) is 2.96. The lowest BCUT2D eigenvalue weighted by Gasteiger charge is -2.23. The zero-order chi connectivity index (χ0) is 13.9. The van der Waals surface area contributed by atoms with E-state index >= 15 is 0 Å². The van der Waals surface area contributed by atoms with Gasteiger partial charge in [0, 0.05) is 6.04 Å². The highest BCUT2D eigenvalue weighted by Crippen LogP contribution is 2.33. The normalized spacial score (nSPS) is 14.0. The number of nitrogens with one attached hydrogen (secondary N) is 1. The van der Waals surface area contributed by atoms with E-state index < -0.39 is 17.6 Å². The number of hydrogen-bond donors (Lipinski definition) is 1. The van der Waals surface area contributed by atoms with E-state index in [1.165, 1.54) is 6.07 Å². The van der Waals surface area contributed by atoms with Crippen molar-refractivity contribution in [1.29, 1.82) is 0 Å². The smallest absolute Gasteiger partial charge is 0.310 e. The Hall–Kier alpha value is -1.10. The third kappa shape index (κ3) is 3.45. The molecule has 18 heavy (non-hydrogen) atoms. The topological polar surface area (TPSA) is 12.0 Å². The highest BCUT2D eigenvalue weighted by atomic mass is 19.4. The van der Waals surface area contributed by atoms with Crippen molar-refractivity contribution in [3.63, 3.8) is 0 Å². The summed E-state index contributed by atoms with van der Waals surface area (Å²) in [4.78, 5) is 0. The third-order valence-electron chi connectivity index (χ3n) is 2.75. The van der Waals surface area contributed by atoms with Crippen LogP contribution in [0.15, 0.2) is 18.2 Å². The van der Waals surface area contributed by atoms with Crippen LogP contribution in [0.25, 0.3) is 0 Å². The average Bonchev–Trinajstić information content (AvgIpc) is 2.23. The molecule has 1 aromatic carbocycles. The van der Waals surface area contributed by atoms with E-state index in [0.29, 0.717) is 12.1 Å². The summed E-state index contributed by atoms with van der Waals surface area (Å²) in [5, 5.41) is 3.14. The molecular formula is C13H17F4N. The highest BCUT2D eigenvalue weighted by Gasteiger charge is 2.34. The first-order chi connectivity index (χ1) is 8.27. The van der Waals surface area contributed by atoms with Crippen LogP contribution in [0.4, 0.5) is 17.6 Å². The quantitative estimate of drug-likeness (QED) is 0.805. The maximum atomic E-state index is 13.5. The third-order valence-corrected chi connectivity index (χ3v) is 2.75. The molecule has 0 heterocycles. The van der Waals surface area contributed by atoms with Gasteiger partial charge in [-0.1, -0.05) is 26.8 Å². The molecule has 0 aliphatic rings. The van der Waals surface area contributed by atoms with Gasteiger partial charge in [-0.3, -0.25) is 0 Å². The van der Waals surface area contributed by atoms with Gasteiger partial charge in [0.25, 0.3) is 0 Å². The highest BCUT2D eigenvalue weighted by molar-refractivity contribution is 5.28. The lowest BCUT2D eigenvalue weighted by molar-refractivity contribution is -0.140. The lowest BCUT2D eigenvalue weighted by Crippen LogP contribution is -2.25. The van der Waals surface area contributed by atoms with Crippen LogP contribution in [-0.4, -0.2) is 6.54 Å². The van der Waals surface area contributed by atoms with Gasteiger partial charge in [0.1, 0.15) is 5.82 Å². The first kappa shape index (κ1) is 15.0. The molecule has 0 bridgehead atoms. The van der Waals surface area contributed by atoms with Crippen molar-refractivity contribution in [3.05, 3.63) is 35.1 Å². The monoisotopic (exact) mass is 263 g/mol. The molecule has 1 aromatic rings. The van der Waals surface area contributed by atoms with Gasteiger partial charge in [-0.15, -0.1) is 0 Å². The molecule has 0 spiro atoms. The standard InChI is InChI=1S/C13H17F4N/c1-4-18-12(8(2)3)9-5-6-10(11(14)7-9)13(15,16)17/h5-8,12,18H,4H2,1-3H3. The van der Waals surface area contributed by atoms with E-state index in [1.54, 1.807) is 0 Å². The fraction of sp³-hybridized carbons (Fsp3) is 0.538. The molecule has 1 rings (SSSR count). The summed E-state index contributed by atoms with van der Waals surface area (Å²) in [6.45, 7) is 6.44. The van der Waals surface area contributed by atoms with Gasteiger partial charge in [0.2, 0.25) is 0 Å². The average molecular weight is 263 g/mol. The van der Waals surface area contributed by atoms with E-state index in [4.69, 9.17) is 0 Å². The minimum absolute atomic E-state index is 0.146. The number of rotatable bonds is 4. The lowest BCUT2D eigenvalue weighted by atomic mass is 9.95. The Morgan fingerprint density at radius 2 is 1.83 bits per heavy atom. The van der Waals surface area contributed by atoms with Crippen LogP contribution in [0.2, 0.25) is 0 Å². The Bertz CT molecular complexity index is 398. The van der Waals surface area contributed by atoms with Crippen LogP contribution in [-0.2, 0) is 6.18 Å². The van der Waals surface area contributed by atoms with Crippen LogP contribution < -0.4 is 5.32 Å². The van der Waals surface area contributed by atoms with Crippen molar-refractivity contribution in [2.45, 2.75) is 33.0 Å². The second kappa shape index (κ2) is 5.69. The summed E-state index contributed by atoms with van der Waals surface area (Å²) in [5.41, 5.74) is -0.678. The van der Waals surface area contributed by atoms with Crippen molar-refractivity contribution in [1.82, 2.24) is 5.32 Å². The maximum absolute atomic E-state index is 13.5. The van der Waals surface area contributed by atoms with E-state index in [-0.39, 0.29) is 12.0 Å². The molecular weight excluding hydrogens is 246 g/mol. The minimum atomic E-state index is -4.64. The largest absolute Gasteiger partial charge is 0.419 e. The van der Waals surface area contributed by atoms with Crippen molar-refractivity contribution in [3.8, 4) is 0 Å². The first-order valence-corrected chi connectivity index (χ1v) is 5.87. The maximum Gasteiger partial charge on any atom is 0.419 e. The molecule has 5 heteroatoms. The van der Waals surface area contributed by atoms with Crippen LogP contribution in [0.5, 0.6) is 0 Å². The molecule has 0 aliphatic carbocycles. The molecule has 0 fully saturated rings. The number of hydrogen-bond acceptors (Lipinski definition) is 1. The predicted molar refractivity (Wildman–Crippen MR) is 62.7 cm³/mol. The predicted octanol–water partition coefficient (Wildman–Crippen LogP) is 4.15. The molecule has 0 saturated heterocycles. The minimum Gasteiger partial charge on any atom is -0.310 e. The summed E-state index contributed by atoms with van der Waals surface area (Å²) < 4.78 is 50.8. The van der Waals surface area contributed by atoms with E-state index in [2.05, 4.69) is 5.32 Å². The van der Waals surface area contributed by atoms with Crippen molar-refractivity contribution in [2.24, 2.45) is 5.92 Å². The Kier molecular flexibility index (Phi) is 4.73. The number of halogens is 4. The summed E-state index contributed by atoms with van der Waals surface area (Å²) >= 11 is 0. The molecule has 1 atom stereocenters. The Balaban J connectivity index is 3.09. The van der Waals surface area contributed by atoms with Gasteiger partial charge >= 0.3 is 6.18 Å². The Morgan fingerprint density at radius 1 is 1.22 bits per heavy atom. The van der Waals surface area contributed by atoms with Gasteiger partial charge < -0.3 is 5.32 Å². The fourth-order valence-electron chi connectivity index (χ4n) is 1.91. The van der Waals surface area contributed by atoms with Gasteiger partial charge in [-0.2, -0.15) is 13.2 Å². The van der Waals surface area contributed by atoms with Gasteiger partial charge in [0.05, 0.1) is 5.56 Å². The van der Waals surface area contributed by atoms with Crippen molar-refractivity contribution < 1.29 is 17.6 Å². The van der Waals surface area contributed by atoms with E-state index in [0.717, 1.165) is 12.1 Å². The van der Waals surface area contributed by atoms with Crippen molar-refractivity contribution in [2.75, 3.05) is 6.54 Å².